The zero-order valence-corrected chi connectivity index (χ0v) is 7.62. The quantitative estimate of drug-likeness (QED) is 0.696. The smallest absolute Gasteiger partial charge is 0.306 e. The van der Waals surface area contributed by atoms with E-state index in [0.29, 0.717) is 5.92 Å². The molecule has 1 saturated heterocycles. The minimum Gasteiger partial charge on any atom is -0.481 e. The van der Waals surface area contributed by atoms with Gasteiger partial charge in [0.2, 0.25) is 0 Å². The summed E-state index contributed by atoms with van der Waals surface area (Å²) in [6.45, 7) is 5.41. The molecule has 1 aliphatic heterocycles. The molecule has 0 bridgehead atoms. The van der Waals surface area contributed by atoms with E-state index in [1.54, 1.807) is 0 Å². The van der Waals surface area contributed by atoms with Crippen molar-refractivity contribution in [2.75, 3.05) is 13.2 Å². The summed E-state index contributed by atoms with van der Waals surface area (Å²) in [6, 6.07) is 0. The molecule has 12 heavy (non-hydrogen) atoms. The Morgan fingerprint density at radius 3 is 2.42 bits per heavy atom. The van der Waals surface area contributed by atoms with Crippen molar-refractivity contribution in [3.8, 4) is 0 Å². The van der Waals surface area contributed by atoms with Gasteiger partial charge < -0.3 is 9.84 Å². The summed E-state index contributed by atoms with van der Waals surface area (Å²) in [7, 11) is 0. The van der Waals surface area contributed by atoms with Crippen LogP contribution in [0.25, 0.3) is 0 Å². The van der Waals surface area contributed by atoms with Gasteiger partial charge in [0.15, 0.2) is 0 Å². The zero-order valence-electron chi connectivity index (χ0n) is 7.62. The molecule has 1 N–H and O–H groups in total. The van der Waals surface area contributed by atoms with E-state index in [-0.39, 0.29) is 11.8 Å². The van der Waals surface area contributed by atoms with Crippen LogP contribution < -0.4 is 0 Å². The monoisotopic (exact) mass is 172 g/mol. The summed E-state index contributed by atoms with van der Waals surface area (Å²) in [5, 5.41) is 8.87. The van der Waals surface area contributed by atoms with Gasteiger partial charge in [-0.05, 0) is 12.3 Å². The number of carbonyl (C=O) groups is 1. The molecule has 0 aromatic heterocycles. The average Bonchev–Trinajstić information content (AvgIpc) is 1.82. The number of aliphatic carboxylic acids is 1. The lowest BCUT2D eigenvalue weighted by Crippen LogP contribution is -2.33. The maximum atomic E-state index is 10.8. The van der Waals surface area contributed by atoms with Crippen molar-refractivity contribution in [1.29, 1.82) is 0 Å². The minimum absolute atomic E-state index is 0.195. The average molecular weight is 172 g/mol. The Hall–Kier alpha value is -0.570. The highest BCUT2D eigenvalue weighted by molar-refractivity contribution is 5.70. The van der Waals surface area contributed by atoms with Crippen LogP contribution in [0, 0.1) is 17.8 Å². The van der Waals surface area contributed by atoms with Crippen LogP contribution >= 0.6 is 0 Å². The van der Waals surface area contributed by atoms with Gasteiger partial charge in [-0.2, -0.15) is 0 Å². The summed E-state index contributed by atoms with van der Waals surface area (Å²) in [5.41, 5.74) is 0. The fourth-order valence-corrected chi connectivity index (χ4v) is 1.44. The second kappa shape index (κ2) is 3.90. The number of hydrogen-bond acceptors (Lipinski definition) is 2. The lowest BCUT2D eigenvalue weighted by atomic mass is 9.86. The van der Waals surface area contributed by atoms with E-state index in [2.05, 4.69) is 0 Å². The largest absolute Gasteiger partial charge is 0.481 e. The highest BCUT2D eigenvalue weighted by Crippen LogP contribution is 2.25. The maximum absolute atomic E-state index is 10.8. The van der Waals surface area contributed by atoms with Crippen LogP contribution in [0.3, 0.4) is 0 Å². The third kappa shape index (κ3) is 2.21. The molecule has 0 saturated carbocycles. The molecule has 0 aromatic rings. The number of carboxylic acid groups (broad SMARTS) is 1. The van der Waals surface area contributed by atoms with E-state index in [0.717, 1.165) is 19.6 Å². The highest BCUT2D eigenvalue weighted by atomic mass is 16.5. The summed E-state index contributed by atoms with van der Waals surface area (Å²) in [4.78, 5) is 10.8. The summed E-state index contributed by atoms with van der Waals surface area (Å²) < 4.78 is 5.00. The van der Waals surface area contributed by atoms with Crippen LogP contribution in [0.5, 0.6) is 0 Å². The summed E-state index contributed by atoms with van der Waals surface area (Å²) >= 11 is 0. The van der Waals surface area contributed by atoms with E-state index in [9.17, 15) is 4.79 Å². The van der Waals surface area contributed by atoms with Gasteiger partial charge in [0.25, 0.3) is 0 Å². The molecule has 0 aromatic carbocycles. The number of ether oxygens (including phenoxy) is 1. The van der Waals surface area contributed by atoms with Crippen LogP contribution in [0.15, 0.2) is 0 Å². The zero-order chi connectivity index (χ0) is 9.14. The second-order valence-electron chi connectivity index (χ2n) is 3.83. The first-order valence-corrected chi connectivity index (χ1v) is 4.41. The molecule has 1 unspecified atom stereocenters. The Balaban J connectivity index is 2.36. The minimum atomic E-state index is -0.670. The summed E-state index contributed by atoms with van der Waals surface area (Å²) in [6.07, 6.45) is 0.771. The van der Waals surface area contributed by atoms with E-state index in [4.69, 9.17) is 9.84 Å². The molecule has 70 valence electrons. The van der Waals surface area contributed by atoms with Crippen molar-refractivity contribution in [3.63, 3.8) is 0 Å². The Labute approximate surface area is 72.7 Å². The first-order chi connectivity index (χ1) is 5.61. The lowest BCUT2D eigenvalue weighted by Gasteiger charge is -2.29. The van der Waals surface area contributed by atoms with E-state index in [1.165, 1.54) is 0 Å². The standard InChI is InChI=1S/C9H16O3/c1-6(2)8(9(10)11)3-7-4-12-5-7/h6-8H,3-5H2,1-2H3,(H,10,11). The molecule has 1 aliphatic rings. The van der Waals surface area contributed by atoms with Gasteiger partial charge in [0.1, 0.15) is 0 Å². The van der Waals surface area contributed by atoms with Crippen LogP contribution in [-0.4, -0.2) is 24.3 Å². The SMILES string of the molecule is CC(C)C(CC1COC1)C(=O)O. The Morgan fingerprint density at radius 1 is 1.58 bits per heavy atom. The normalized spacial score (nSPS) is 20.6. The predicted molar refractivity (Wildman–Crippen MR) is 44.9 cm³/mol. The third-order valence-electron chi connectivity index (χ3n) is 2.42. The van der Waals surface area contributed by atoms with Crippen molar-refractivity contribution in [1.82, 2.24) is 0 Å². The molecule has 3 nitrogen and oxygen atoms in total. The van der Waals surface area contributed by atoms with Crippen molar-refractivity contribution in [2.24, 2.45) is 17.8 Å². The van der Waals surface area contributed by atoms with Crippen LogP contribution in [-0.2, 0) is 9.53 Å². The van der Waals surface area contributed by atoms with E-state index >= 15 is 0 Å². The fraction of sp³-hybridized carbons (Fsp3) is 0.889. The van der Waals surface area contributed by atoms with Gasteiger partial charge in [-0.25, -0.2) is 0 Å². The van der Waals surface area contributed by atoms with Gasteiger partial charge in [0, 0.05) is 5.92 Å². The lowest BCUT2D eigenvalue weighted by molar-refractivity contribution is -0.145. The number of rotatable bonds is 4. The number of hydrogen-bond donors (Lipinski definition) is 1. The van der Waals surface area contributed by atoms with Gasteiger partial charge >= 0.3 is 5.97 Å². The molecule has 0 amide bonds. The molecule has 0 spiro atoms. The van der Waals surface area contributed by atoms with Crippen LogP contribution in [0.1, 0.15) is 20.3 Å². The molecule has 1 atom stereocenters. The van der Waals surface area contributed by atoms with E-state index in [1.807, 2.05) is 13.8 Å². The van der Waals surface area contributed by atoms with E-state index < -0.39 is 5.97 Å². The van der Waals surface area contributed by atoms with Gasteiger partial charge in [0.05, 0.1) is 19.1 Å². The van der Waals surface area contributed by atoms with Gasteiger partial charge in [-0.15, -0.1) is 0 Å². The van der Waals surface area contributed by atoms with Crippen molar-refractivity contribution >= 4 is 5.97 Å². The Bertz CT molecular complexity index is 161. The third-order valence-corrected chi connectivity index (χ3v) is 2.42. The maximum Gasteiger partial charge on any atom is 0.306 e. The van der Waals surface area contributed by atoms with Crippen molar-refractivity contribution in [2.45, 2.75) is 20.3 Å². The van der Waals surface area contributed by atoms with Gasteiger partial charge in [-0.3, -0.25) is 4.79 Å². The van der Waals surface area contributed by atoms with Crippen molar-refractivity contribution < 1.29 is 14.6 Å². The van der Waals surface area contributed by atoms with Crippen LogP contribution in [0.4, 0.5) is 0 Å². The van der Waals surface area contributed by atoms with Gasteiger partial charge in [-0.1, -0.05) is 13.8 Å². The topological polar surface area (TPSA) is 46.5 Å². The van der Waals surface area contributed by atoms with Crippen LogP contribution in [0.2, 0.25) is 0 Å². The molecule has 0 aliphatic carbocycles. The highest BCUT2D eigenvalue weighted by Gasteiger charge is 2.28. The molecule has 1 rings (SSSR count). The molecule has 0 radical (unpaired) electrons. The molecular formula is C9H16O3. The first-order valence-electron chi connectivity index (χ1n) is 4.41. The first kappa shape index (κ1) is 9.52. The fourth-order valence-electron chi connectivity index (χ4n) is 1.44. The molecule has 1 heterocycles. The Morgan fingerprint density at radius 2 is 2.17 bits per heavy atom. The molecule has 3 heteroatoms. The molecular weight excluding hydrogens is 156 g/mol. The summed E-state index contributed by atoms with van der Waals surface area (Å²) in [5.74, 6) is -0.160. The second-order valence-corrected chi connectivity index (χ2v) is 3.83. The predicted octanol–water partition coefficient (Wildman–Crippen LogP) is 1.38. The number of carboxylic acids is 1. The molecule has 1 fully saturated rings. The van der Waals surface area contributed by atoms with Crippen molar-refractivity contribution in [3.05, 3.63) is 0 Å². The Kier molecular flexibility index (Phi) is 3.09.